The highest BCUT2D eigenvalue weighted by atomic mass is 32.2. The molecule has 0 bridgehead atoms. The summed E-state index contributed by atoms with van der Waals surface area (Å²) < 4.78 is 33.2. The summed E-state index contributed by atoms with van der Waals surface area (Å²) in [5.41, 5.74) is 1.78. The molecule has 1 aliphatic carbocycles. The van der Waals surface area contributed by atoms with Crippen LogP contribution in [-0.4, -0.2) is 40.0 Å². The zero-order valence-corrected chi connectivity index (χ0v) is 15.2. The zero-order valence-electron chi connectivity index (χ0n) is 14.4. The molecule has 1 N–H and O–H groups in total. The van der Waals surface area contributed by atoms with Gasteiger partial charge in [0.25, 0.3) is 0 Å². The fourth-order valence-electron chi connectivity index (χ4n) is 3.73. The van der Waals surface area contributed by atoms with Gasteiger partial charge in [-0.1, -0.05) is 19.3 Å². The van der Waals surface area contributed by atoms with Gasteiger partial charge in [0.15, 0.2) is 0 Å². The quantitative estimate of drug-likeness (QED) is 0.883. The van der Waals surface area contributed by atoms with Gasteiger partial charge < -0.3 is 9.64 Å². The zero-order chi connectivity index (χ0) is 17.0. The van der Waals surface area contributed by atoms with Crippen LogP contribution in [0.2, 0.25) is 0 Å². The normalized spacial score (nSPS) is 23.2. The van der Waals surface area contributed by atoms with Crippen molar-refractivity contribution in [3.63, 3.8) is 0 Å². The van der Waals surface area contributed by atoms with Crippen LogP contribution in [0.4, 0.5) is 11.4 Å². The van der Waals surface area contributed by atoms with Gasteiger partial charge in [0.2, 0.25) is 10.0 Å². The molecule has 134 valence electrons. The monoisotopic (exact) mass is 352 g/mol. The van der Waals surface area contributed by atoms with Crippen LogP contribution in [0, 0.1) is 0 Å². The molecule has 1 heterocycles. The first-order chi connectivity index (χ1) is 11.6. The van der Waals surface area contributed by atoms with Crippen LogP contribution >= 0.6 is 0 Å². The van der Waals surface area contributed by atoms with Gasteiger partial charge in [-0.15, -0.1) is 0 Å². The lowest BCUT2D eigenvalue weighted by atomic mass is 10.0. The number of nitrogens with zero attached hydrogens (tertiary/aromatic N) is 1. The third kappa shape index (κ3) is 4.22. The standard InChI is InChI=1S/C18H28N2O3S/c1-23-17-6-5-13-20(14-17)16-11-9-15(10-12-16)19-24(21,22)18-7-3-2-4-8-18/h9-12,17-19H,2-8,13-14H2,1H3. The first-order valence-corrected chi connectivity index (χ1v) is 10.5. The molecule has 2 fully saturated rings. The van der Waals surface area contributed by atoms with Crippen LogP contribution in [0.15, 0.2) is 24.3 Å². The smallest absolute Gasteiger partial charge is 0.235 e. The van der Waals surface area contributed by atoms with Crippen molar-refractivity contribution in [2.45, 2.75) is 56.3 Å². The van der Waals surface area contributed by atoms with Crippen molar-refractivity contribution >= 4 is 21.4 Å². The lowest BCUT2D eigenvalue weighted by Crippen LogP contribution is -2.39. The van der Waals surface area contributed by atoms with Crippen molar-refractivity contribution in [2.24, 2.45) is 0 Å². The number of benzene rings is 1. The van der Waals surface area contributed by atoms with E-state index in [1.165, 1.54) is 0 Å². The molecule has 1 aromatic rings. The molecule has 2 aliphatic rings. The summed E-state index contributed by atoms with van der Waals surface area (Å²) in [5.74, 6) is 0. The third-order valence-electron chi connectivity index (χ3n) is 5.20. The molecule has 1 aliphatic heterocycles. The number of nitrogens with one attached hydrogen (secondary N) is 1. The van der Waals surface area contributed by atoms with Gasteiger partial charge in [-0.05, 0) is 49.9 Å². The van der Waals surface area contributed by atoms with Gasteiger partial charge in [-0.3, -0.25) is 4.72 Å². The summed E-state index contributed by atoms with van der Waals surface area (Å²) in [6.45, 7) is 1.91. The lowest BCUT2D eigenvalue weighted by Gasteiger charge is -2.33. The summed E-state index contributed by atoms with van der Waals surface area (Å²) in [5, 5.41) is -0.240. The molecule has 0 spiro atoms. The Labute approximate surface area is 145 Å². The van der Waals surface area contributed by atoms with E-state index < -0.39 is 10.0 Å². The molecule has 6 heteroatoms. The Morgan fingerprint density at radius 2 is 1.75 bits per heavy atom. The predicted molar refractivity (Wildman–Crippen MR) is 98.1 cm³/mol. The topological polar surface area (TPSA) is 58.6 Å². The van der Waals surface area contributed by atoms with Crippen LogP contribution in [-0.2, 0) is 14.8 Å². The van der Waals surface area contributed by atoms with Crippen LogP contribution in [0.3, 0.4) is 0 Å². The van der Waals surface area contributed by atoms with E-state index in [9.17, 15) is 8.42 Å². The van der Waals surface area contributed by atoms with Gasteiger partial charge in [0, 0.05) is 31.6 Å². The average molecular weight is 353 g/mol. The van der Waals surface area contributed by atoms with Gasteiger partial charge >= 0.3 is 0 Å². The van der Waals surface area contributed by atoms with E-state index in [0.717, 1.165) is 63.7 Å². The molecule has 1 aromatic carbocycles. The minimum atomic E-state index is -3.27. The number of piperidine rings is 1. The Morgan fingerprint density at radius 1 is 1.04 bits per heavy atom. The van der Waals surface area contributed by atoms with E-state index in [2.05, 4.69) is 9.62 Å². The van der Waals surface area contributed by atoms with Crippen molar-refractivity contribution in [1.82, 2.24) is 0 Å². The maximum Gasteiger partial charge on any atom is 0.235 e. The van der Waals surface area contributed by atoms with E-state index in [4.69, 9.17) is 4.74 Å². The Kier molecular flexibility index (Phi) is 5.66. The second-order valence-electron chi connectivity index (χ2n) is 6.90. The average Bonchev–Trinajstić information content (AvgIpc) is 2.63. The number of hydrogen-bond acceptors (Lipinski definition) is 4. The van der Waals surface area contributed by atoms with Gasteiger partial charge in [-0.25, -0.2) is 8.42 Å². The minimum Gasteiger partial charge on any atom is -0.380 e. The maximum absolute atomic E-state index is 12.5. The summed E-state index contributed by atoms with van der Waals surface area (Å²) in [6, 6.07) is 7.73. The lowest BCUT2D eigenvalue weighted by molar-refractivity contribution is 0.0893. The number of ether oxygens (including phenoxy) is 1. The Balaban J connectivity index is 1.64. The van der Waals surface area contributed by atoms with Crippen molar-refractivity contribution in [3.05, 3.63) is 24.3 Å². The van der Waals surface area contributed by atoms with Crippen LogP contribution in [0.25, 0.3) is 0 Å². The van der Waals surface area contributed by atoms with E-state index in [1.54, 1.807) is 7.11 Å². The third-order valence-corrected chi connectivity index (χ3v) is 7.06. The van der Waals surface area contributed by atoms with E-state index in [0.29, 0.717) is 5.69 Å². The molecular formula is C18H28N2O3S. The first-order valence-electron chi connectivity index (χ1n) is 8.98. The second kappa shape index (κ2) is 7.74. The highest BCUT2D eigenvalue weighted by molar-refractivity contribution is 7.93. The fourth-order valence-corrected chi connectivity index (χ4v) is 5.31. The molecule has 1 unspecified atom stereocenters. The number of hydrogen-bond donors (Lipinski definition) is 1. The molecule has 1 saturated heterocycles. The van der Waals surface area contributed by atoms with Gasteiger partial charge in [-0.2, -0.15) is 0 Å². The van der Waals surface area contributed by atoms with Crippen LogP contribution in [0.5, 0.6) is 0 Å². The molecular weight excluding hydrogens is 324 g/mol. The van der Waals surface area contributed by atoms with E-state index in [1.807, 2.05) is 24.3 Å². The Hall–Kier alpha value is -1.27. The van der Waals surface area contributed by atoms with Crippen LogP contribution in [0.1, 0.15) is 44.9 Å². The highest BCUT2D eigenvalue weighted by Gasteiger charge is 2.27. The molecule has 1 atom stereocenters. The van der Waals surface area contributed by atoms with Crippen molar-refractivity contribution in [3.8, 4) is 0 Å². The SMILES string of the molecule is COC1CCCN(c2ccc(NS(=O)(=O)C3CCCCC3)cc2)C1. The molecule has 0 amide bonds. The molecule has 1 saturated carbocycles. The predicted octanol–water partition coefficient (Wildman–Crippen LogP) is 3.38. The van der Waals surface area contributed by atoms with Gasteiger partial charge in [0.05, 0.1) is 11.4 Å². The number of methoxy groups -OCH3 is 1. The van der Waals surface area contributed by atoms with Crippen molar-refractivity contribution < 1.29 is 13.2 Å². The van der Waals surface area contributed by atoms with Crippen molar-refractivity contribution in [1.29, 1.82) is 0 Å². The number of sulfonamides is 1. The summed E-state index contributed by atoms with van der Waals surface area (Å²) in [4.78, 5) is 2.30. The second-order valence-corrected chi connectivity index (χ2v) is 8.86. The Bertz CT molecular complexity index is 624. The molecule has 5 nitrogen and oxygen atoms in total. The van der Waals surface area contributed by atoms with Crippen LogP contribution < -0.4 is 9.62 Å². The number of rotatable bonds is 5. The maximum atomic E-state index is 12.5. The number of anilines is 2. The fraction of sp³-hybridized carbons (Fsp3) is 0.667. The largest absolute Gasteiger partial charge is 0.380 e. The van der Waals surface area contributed by atoms with Gasteiger partial charge in [0.1, 0.15) is 0 Å². The first kappa shape index (κ1) is 17.5. The van der Waals surface area contributed by atoms with E-state index >= 15 is 0 Å². The summed E-state index contributed by atoms with van der Waals surface area (Å²) >= 11 is 0. The summed E-state index contributed by atoms with van der Waals surface area (Å²) in [6.07, 6.45) is 7.24. The molecule has 0 radical (unpaired) electrons. The minimum absolute atomic E-state index is 0.240. The molecule has 3 rings (SSSR count). The highest BCUT2D eigenvalue weighted by Crippen LogP contribution is 2.27. The van der Waals surface area contributed by atoms with E-state index in [-0.39, 0.29) is 11.4 Å². The molecule has 0 aromatic heterocycles. The molecule has 24 heavy (non-hydrogen) atoms. The summed E-state index contributed by atoms with van der Waals surface area (Å²) in [7, 11) is -1.51. The van der Waals surface area contributed by atoms with Crippen molar-refractivity contribution in [2.75, 3.05) is 29.8 Å². The Morgan fingerprint density at radius 3 is 2.42 bits per heavy atom.